The molecular weight excluding hydrogens is 384 g/mol. The molecule has 5 heteroatoms. The molecule has 0 aromatic heterocycles. The smallest absolute Gasteiger partial charge is 0.333 e. The van der Waals surface area contributed by atoms with Gasteiger partial charge in [-0.2, -0.15) is 0 Å². The van der Waals surface area contributed by atoms with Crippen LogP contribution in [-0.2, 0) is 19.1 Å². The Balaban J connectivity index is 2.61. The summed E-state index contributed by atoms with van der Waals surface area (Å²) in [5, 5.41) is 0. The van der Waals surface area contributed by atoms with Crippen LogP contribution in [0.4, 0.5) is 0 Å². The average Bonchev–Trinajstić information content (AvgIpc) is 2.62. The number of carbonyl (C=O) groups is 2. The molecule has 0 spiro atoms. The second kappa shape index (κ2) is 8.62. The zero-order chi connectivity index (χ0) is 18.4. The van der Waals surface area contributed by atoms with Crippen LogP contribution in [0, 0.1) is 0 Å². The molecule has 2 aromatic rings. The van der Waals surface area contributed by atoms with Gasteiger partial charge in [0.25, 0.3) is 0 Å². The van der Waals surface area contributed by atoms with E-state index in [1.165, 1.54) is 14.0 Å². The summed E-state index contributed by atoms with van der Waals surface area (Å²) in [7, 11) is 1.30. The average molecular weight is 403 g/mol. The van der Waals surface area contributed by atoms with Crippen LogP contribution < -0.4 is 0 Å². The zero-order valence-electron chi connectivity index (χ0n) is 14.1. The molecule has 0 aliphatic heterocycles. The third-order valence-electron chi connectivity index (χ3n) is 3.79. The number of halogens is 1. The van der Waals surface area contributed by atoms with Crippen LogP contribution in [0.15, 0.2) is 71.2 Å². The summed E-state index contributed by atoms with van der Waals surface area (Å²) in [6.07, 6.45) is -0.705. The van der Waals surface area contributed by atoms with Crippen molar-refractivity contribution in [1.82, 2.24) is 0 Å². The summed E-state index contributed by atoms with van der Waals surface area (Å²) < 4.78 is 11.2. The Labute approximate surface area is 155 Å². The summed E-state index contributed by atoms with van der Waals surface area (Å²) in [5.41, 5.74) is 1.76. The van der Waals surface area contributed by atoms with E-state index in [-0.39, 0.29) is 5.57 Å². The van der Waals surface area contributed by atoms with Crippen molar-refractivity contribution < 1.29 is 19.1 Å². The van der Waals surface area contributed by atoms with Crippen molar-refractivity contribution in [2.75, 3.05) is 7.11 Å². The van der Waals surface area contributed by atoms with Gasteiger partial charge in [-0.05, 0) is 17.2 Å². The molecule has 2 aromatic carbocycles. The second-order valence-corrected chi connectivity index (χ2v) is 6.31. The first-order chi connectivity index (χ1) is 12.0. The number of benzene rings is 2. The molecule has 4 nitrogen and oxygen atoms in total. The van der Waals surface area contributed by atoms with E-state index in [1.807, 2.05) is 54.6 Å². The van der Waals surface area contributed by atoms with Crippen LogP contribution in [0.3, 0.4) is 0 Å². The maximum Gasteiger partial charge on any atom is 0.333 e. The fourth-order valence-electron chi connectivity index (χ4n) is 2.67. The van der Waals surface area contributed by atoms with Gasteiger partial charge in [0, 0.05) is 17.0 Å². The number of methoxy groups -OCH3 is 1. The molecule has 0 aliphatic rings. The van der Waals surface area contributed by atoms with Crippen molar-refractivity contribution in [3.05, 3.63) is 82.3 Å². The molecular formula is C20H19BrO4. The van der Waals surface area contributed by atoms with Gasteiger partial charge in [-0.15, -0.1) is 0 Å². The largest absolute Gasteiger partial charge is 0.466 e. The Hall–Kier alpha value is -2.40. The van der Waals surface area contributed by atoms with Crippen LogP contribution in [0.5, 0.6) is 0 Å². The highest BCUT2D eigenvalue weighted by molar-refractivity contribution is 9.10. The predicted molar refractivity (Wildman–Crippen MR) is 99.0 cm³/mol. The van der Waals surface area contributed by atoms with Crippen molar-refractivity contribution in [3.63, 3.8) is 0 Å². The lowest BCUT2D eigenvalue weighted by Crippen LogP contribution is -2.23. The van der Waals surface area contributed by atoms with E-state index in [2.05, 4.69) is 22.5 Å². The molecule has 130 valence electrons. The fraction of sp³-hybridized carbons (Fsp3) is 0.200. The van der Waals surface area contributed by atoms with Crippen molar-refractivity contribution >= 4 is 27.9 Å². The van der Waals surface area contributed by atoms with Crippen LogP contribution in [-0.4, -0.2) is 19.0 Å². The number of ether oxygens (including phenoxy) is 2. The molecule has 2 rings (SSSR count). The fourth-order valence-corrected chi connectivity index (χ4v) is 3.20. The number of carbonyl (C=O) groups excluding carboxylic acids is 2. The second-order valence-electron chi connectivity index (χ2n) is 5.46. The molecule has 0 amide bonds. The molecule has 0 N–H and O–H groups in total. The minimum atomic E-state index is -0.705. The SMILES string of the molecule is C=C(C(=O)OC)[C@@H](c1ccccc1Br)[C@H](OC(C)=O)c1ccccc1. The van der Waals surface area contributed by atoms with Gasteiger partial charge in [0.1, 0.15) is 6.10 Å². The maximum absolute atomic E-state index is 12.2. The van der Waals surface area contributed by atoms with Crippen molar-refractivity contribution in [1.29, 1.82) is 0 Å². The van der Waals surface area contributed by atoms with Gasteiger partial charge < -0.3 is 9.47 Å². The van der Waals surface area contributed by atoms with Gasteiger partial charge in [0.05, 0.1) is 13.0 Å². The molecule has 25 heavy (non-hydrogen) atoms. The summed E-state index contributed by atoms with van der Waals surface area (Å²) in [5.74, 6) is -1.58. The number of rotatable bonds is 6. The normalized spacial score (nSPS) is 12.8. The lowest BCUT2D eigenvalue weighted by Gasteiger charge is -2.29. The first-order valence-corrected chi connectivity index (χ1v) is 8.48. The molecule has 2 atom stereocenters. The Morgan fingerprint density at radius 2 is 1.64 bits per heavy atom. The minimum absolute atomic E-state index is 0.213. The Morgan fingerprint density at radius 1 is 1.04 bits per heavy atom. The highest BCUT2D eigenvalue weighted by atomic mass is 79.9. The highest BCUT2D eigenvalue weighted by Crippen LogP contribution is 2.42. The van der Waals surface area contributed by atoms with E-state index in [9.17, 15) is 9.59 Å². The van der Waals surface area contributed by atoms with Crippen LogP contribution in [0.2, 0.25) is 0 Å². The monoisotopic (exact) mass is 402 g/mol. The van der Waals surface area contributed by atoms with Crippen LogP contribution in [0.1, 0.15) is 30.1 Å². The van der Waals surface area contributed by atoms with Crippen molar-refractivity contribution in [3.8, 4) is 0 Å². The van der Waals surface area contributed by atoms with Gasteiger partial charge in [-0.25, -0.2) is 4.79 Å². The molecule has 0 bridgehead atoms. The maximum atomic E-state index is 12.2. The summed E-state index contributed by atoms with van der Waals surface area (Å²) in [6.45, 7) is 5.25. The van der Waals surface area contributed by atoms with Gasteiger partial charge >= 0.3 is 11.9 Å². The van der Waals surface area contributed by atoms with E-state index in [0.29, 0.717) is 0 Å². The number of esters is 2. The first-order valence-electron chi connectivity index (χ1n) is 7.69. The Bertz CT molecular complexity index is 770. The zero-order valence-corrected chi connectivity index (χ0v) is 15.7. The number of hydrogen-bond donors (Lipinski definition) is 0. The van der Waals surface area contributed by atoms with Gasteiger partial charge in [0.2, 0.25) is 0 Å². The van der Waals surface area contributed by atoms with E-state index >= 15 is 0 Å². The third kappa shape index (κ3) is 4.57. The van der Waals surface area contributed by atoms with Gasteiger partial charge in [-0.3, -0.25) is 4.79 Å². The molecule has 0 fully saturated rings. The number of hydrogen-bond acceptors (Lipinski definition) is 4. The first kappa shape index (κ1) is 18.9. The van der Waals surface area contributed by atoms with Crippen molar-refractivity contribution in [2.24, 2.45) is 0 Å². The molecule has 0 heterocycles. The van der Waals surface area contributed by atoms with E-state index in [0.717, 1.165) is 15.6 Å². The van der Waals surface area contributed by atoms with E-state index in [4.69, 9.17) is 9.47 Å². The summed E-state index contributed by atoms with van der Waals surface area (Å²) in [4.78, 5) is 23.9. The molecule has 0 unspecified atom stereocenters. The van der Waals surface area contributed by atoms with Gasteiger partial charge in [0.15, 0.2) is 0 Å². The molecule has 0 radical (unpaired) electrons. The minimum Gasteiger partial charge on any atom is -0.466 e. The standard InChI is InChI=1S/C20H19BrO4/c1-13(20(23)24-3)18(16-11-7-8-12-17(16)21)19(25-14(2)22)15-9-5-4-6-10-15/h4-12,18-19H,1H2,2-3H3/t18-,19+/m0/s1. The molecule has 0 aliphatic carbocycles. The van der Waals surface area contributed by atoms with Crippen LogP contribution in [0.25, 0.3) is 0 Å². The highest BCUT2D eigenvalue weighted by Gasteiger charge is 2.34. The Kier molecular flexibility index (Phi) is 6.53. The van der Waals surface area contributed by atoms with Gasteiger partial charge in [-0.1, -0.05) is 71.0 Å². The molecule has 0 saturated carbocycles. The third-order valence-corrected chi connectivity index (χ3v) is 4.51. The molecule has 0 saturated heterocycles. The lowest BCUT2D eigenvalue weighted by atomic mass is 9.83. The topological polar surface area (TPSA) is 52.6 Å². The summed E-state index contributed by atoms with van der Waals surface area (Å²) >= 11 is 3.51. The van der Waals surface area contributed by atoms with Crippen molar-refractivity contribution in [2.45, 2.75) is 18.9 Å². The lowest BCUT2D eigenvalue weighted by molar-refractivity contribution is -0.148. The van der Waals surface area contributed by atoms with E-state index < -0.39 is 24.0 Å². The van der Waals surface area contributed by atoms with E-state index in [1.54, 1.807) is 0 Å². The predicted octanol–water partition coefficient (Wildman–Crippen LogP) is 4.57. The quantitative estimate of drug-likeness (QED) is 0.524. The summed E-state index contributed by atoms with van der Waals surface area (Å²) in [6, 6.07) is 16.7. The van der Waals surface area contributed by atoms with Crippen LogP contribution >= 0.6 is 15.9 Å². The Morgan fingerprint density at radius 3 is 2.20 bits per heavy atom.